The molecule has 4 rings (SSSR count). The summed E-state index contributed by atoms with van der Waals surface area (Å²) in [6, 6.07) is 21.4. The second kappa shape index (κ2) is 9.03. The highest BCUT2D eigenvalue weighted by Gasteiger charge is 2.30. The molecule has 6 nitrogen and oxygen atoms in total. The minimum Gasteiger partial charge on any atom is -0.309 e. The molecule has 0 radical (unpaired) electrons. The van der Waals surface area contributed by atoms with Gasteiger partial charge < -0.3 is 5.32 Å². The summed E-state index contributed by atoms with van der Waals surface area (Å²) in [6.07, 6.45) is 1.64. The molecule has 0 aliphatic heterocycles. The molecule has 0 saturated carbocycles. The van der Waals surface area contributed by atoms with Crippen molar-refractivity contribution < 1.29 is 13.2 Å². The van der Waals surface area contributed by atoms with Gasteiger partial charge in [-0.3, -0.25) is 9.10 Å². The van der Waals surface area contributed by atoms with E-state index in [9.17, 15) is 13.2 Å². The summed E-state index contributed by atoms with van der Waals surface area (Å²) in [7, 11) is -4.06. The Balaban J connectivity index is 1.79. The first-order valence-corrected chi connectivity index (χ1v) is 12.0. The van der Waals surface area contributed by atoms with Crippen LogP contribution >= 0.6 is 0 Å². The number of aromatic nitrogens is 1. The third-order valence-electron chi connectivity index (χ3n) is 5.63. The summed E-state index contributed by atoms with van der Waals surface area (Å²) in [4.78, 5) is 17.3. The van der Waals surface area contributed by atoms with Crippen molar-refractivity contribution >= 4 is 38.2 Å². The number of fused-ring (bicyclic) bond motifs is 1. The van der Waals surface area contributed by atoms with Gasteiger partial charge in [-0.15, -0.1) is 0 Å². The van der Waals surface area contributed by atoms with E-state index in [4.69, 9.17) is 0 Å². The fourth-order valence-corrected chi connectivity index (χ4v) is 5.40. The normalized spacial score (nSPS) is 11.4. The molecule has 0 bridgehead atoms. The number of nitrogens with one attached hydrogen (secondary N) is 1. The van der Waals surface area contributed by atoms with Crippen molar-refractivity contribution in [1.82, 2.24) is 4.98 Å². The molecule has 1 amide bonds. The Hall–Kier alpha value is -3.71. The highest BCUT2D eigenvalue weighted by Crippen LogP contribution is 2.31. The molecule has 4 aromatic rings. The fraction of sp³-hybridized carbons (Fsp3) is 0.154. The second-order valence-corrected chi connectivity index (χ2v) is 9.81. The van der Waals surface area contributed by atoms with E-state index in [1.165, 1.54) is 4.31 Å². The Morgan fingerprint density at radius 2 is 1.64 bits per heavy atom. The summed E-state index contributed by atoms with van der Waals surface area (Å²) in [6.45, 7) is 5.29. The molecule has 7 heteroatoms. The summed E-state index contributed by atoms with van der Waals surface area (Å²) in [5, 5.41) is 4.13. The van der Waals surface area contributed by atoms with Crippen molar-refractivity contribution in [3.8, 4) is 0 Å². The molecule has 1 aromatic heterocycles. The van der Waals surface area contributed by atoms with Gasteiger partial charge in [0.05, 0.1) is 10.6 Å². The van der Waals surface area contributed by atoms with Gasteiger partial charge in [0.15, 0.2) is 0 Å². The van der Waals surface area contributed by atoms with E-state index in [1.807, 2.05) is 51.1 Å². The van der Waals surface area contributed by atoms with Gasteiger partial charge in [-0.25, -0.2) is 13.4 Å². The van der Waals surface area contributed by atoms with E-state index < -0.39 is 15.9 Å². The fourth-order valence-electron chi connectivity index (χ4n) is 3.70. The van der Waals surface area contributed by atoms with Gasteiger partial charge >= 0.3 is 0 Å². The van der Waals surface area contributed by atoms with Crippen LogP contribution in [0.15, 0.2) is 83.9 Å². The average Bonchev–Trinajstić information content (AvgIpc) is 2.80. The SMILES string of the molecule is Cc1ccc(NC(=O)CN(c2cccc(C)c2C)S(=O)(=O)c2cccc3ccccc23)nc1. The molecular formula is C26H25N3O3S. The van der Waals surface area contributed by atoms with Crippen LogP contribution in [0.25, 0.3) is 10.8 Å². The van der Waals surface area contributed by atoms with Crippen LogP contribution in [0.3, 0.4) is 0 Å². The molecule has 1 N–H and O–H groups in total. The predicted octanol–water partition coefficient (Wildman–Crippen LogP) is 4.99. The number of nitrogens with zero attached hydrogens (tertiary/aromatic N) is 2. The van der Waals surface area contributed by atoms with Gasteiger partial charge in [0.2, 0.25) is 5.91 Å². The first-order chi connectivity index (χ1) is 15.8. The Morgan fingerprint density at radius 3 is 2.39 bits per heavy atom. The maximum atomic E-state index is 14.0. The molecule has 1 heterocycles. The highest BCUT2D eigenvalue weighted by molar-refractivity contribution is 7.93. The third kappa shape index (κ3) is 4.59. The van der Waals surface area contributed by atoms with Gasteiger partial charge in [-0.1, -0.05) is 54.6 Å². The topological polar surface area (TPSA) is 79.4 Å². The zero-order valence-corrected chi connectivity index (χ0v) is 19.6. The number of carbonyl (C=O) groups is 1. The molecule has 0 atom stereocenters. The molecule has 0 fully saturated rings. The van der Waals surface area contributed by atoms with E-state index in [2.05, 4.69) is 10.3 Å². The summed E-state index contributed by atoms with van der Waals surface area (Å²) in [5.74, 6) is -0.106. The van der Waals surface area contributed by atoms with Gasteiger partial charge in [-0.2, -0.15) is 0 Å². The predicted molar refractivity (Wildman–Crippen MR) is 132 cm³/mol. The first-order valence-electron chi connectivity index (χ1n) is 10.6. The smallest absolute Gasteiger partial charge is 0.265 e. The lowest BCUT2D eigenvalue weighted by Gasteiger charge is -2.26. The number of sulfonamides is 1. The van der Waals surface area contributed by atoms with E-state index in [0.29, 0.717) is 16.9 Å². The number of pyridine rings is 1. The van der Waals surface area contributed by atoms with Crippen LogP contribution in [-0.4, -0.2) is 25.9 Å². The lowest BCUT2D eigenvalue weighted by atomic mass is 10.1. The Bertz CT molecular complexity index is 1430. The Kier molecular flexibility index (Phi) is 6.16. The molecule has 0 aliphatic carbocycles. The van der Waals surface area contributed by atoms with E-state index in [0.717, 1.165) is 22.1 Å². The van der Waals surface area contributed by atoms with Crippen molar-refractivity contribution in [3.63, 3.8) is 0 Å². The van der Waals surface area contributed by atoms with Crippen LogP contribution < -0.4 is 9.62 Å². The summed E-state index contributed by atoms with van der Waals surface area (Å²) < 4.78 is 29.1. The number of benzene rings is 3. The number of carbonyl (C=O) groups excluding carboxylic acids is 1. The number of anilines is 2. The molecule has 168 valence electrons. The molecule has 33 heavy (non-hydrogen) atoms. The lowest BCUT2D eigenvalue weighted by Crippen LogP contribution is -2.38. The standard InChI is InChI=1S/C26H25N3O3S/c1-18-14-15-25(27-16-18)28-26(30)17-29(23-12-6-8-19(2)20(23)3)33(31,32)24-13-7-10-21-9-4-5-11-22(21)24/h4-16H,17H2,1-3H3,(H,27,28,30). The summed E-state index contributed by atoms with van der Waals surface area (Å²) >= 11 is 0. The van der Waals surface area contributed by atoms with Crippen LogP contribution in [0.1, 0.15) is 16.7 Å². The maximum Gasteiger partial charge on any atom is 0.265 e. The van der Waals surface area contributed by atoms with E-state index in [-0.39, 0.29) is 11.4 Å². The summed E-state index contributed by atoms with van der Waals surface area (Å²) in [5.41, 5.74) is 3.16. The Morgan fingerprint density at radius 1 is 0.909 bits per heavy atom. The first kappa shape index (κ1) is 22.5. The lowest BCUT2D eigenvalue weighted by molar-refractivity contribution is -0.114. The molecule has 3 aromatic carbocycles. The zero-order valence-electron chi connectivity index (χ0n) is 18.7. The van der Waals surface area contributed by atoms with Crippen LogP contribution in [0.4, 0.5) is 11.5 Å². The molecular weight excluding hydrogens is 434 g/mol. The maximum absolute atomic E-state index is 14.0. The largest absolute Gasteiger partial charge is 0.309 e. The van der Waals surface area contributed by atoms with Gasteiger partial charge in [-0.05, 0) is 61.0 Å². The zero-order chi connectivity index (χ0) is 23.6. The highest BCUT2D eigenvalue weighted by atomic mass is 32.2. The van der Waals surface area contributed by atoms with Crippen LogP contribution in [0.5, 0.6) is 0 Å². The minimum atomic E-state index is -4.06. The third-order valence-corrected chi connectivity index (χ3v) is 7.45. The quantitative estimate of drug-likeness (QED) is 0.440. The Labute approximate surface area is 194 Å². The van der Waals surface area contributed by atoms with Crippen molar-refractivity contribution in [2.45, 2.75) is 25.7 Å². The van der Waals surface area contributed by atoms with E-state index in [1.54, 1.807) is 48.7 Å². The van der Waals surface area contributed by atoms with E-state index >= 15 is 0 Å². The van der Waals surface area contributed by atoms with Crippen molar-refractivity contribution in [2.24, 2.45) is 0 Å². The monoisotopic (exact) mass is 459 g/mol. The molecule has 0 unspecified atom stereocenters. The number of rotatable bonds is 6. The van der Waals surface area contributed by atoms with Crippen LogP contribution in [0.2, 0.25) is 0 Å². The number of aryl methyl sites for hydroxylation is 2. The van der Waals surface area contributed by atoms with Crippen LogP contribution in [0, 0.1) is 20.8 Å². The van der Waals surface area contributed by atoms with Crippen molar-refractivity contribution in [2.75, 3.05) is 16.2 Å². The van der Waals surface area contributed by atoms with Gasteiger partial charge in [0.25, 0.3) is 10.0 Å². The van der Waals surface area contributed by atoms with Crippen molar-refractivity contribution in [1.29, 1.82) is 0 Å². The van der Waals surface area contributed by atoms with Crippen LogP contribution in [-0.2, 0) is 14.8 Å². The van der Waals surface area contributed by atoms with Crippen molar-refractivity contribution in [3.05, 3.63) is 95.7 Å². The molecule has 0 saturated heterocycles. The second-order valence-electron chi connectivity index (χ2n) is 7.98. The number of hydrogen-bond acceptors (Lipinski definition) is 4. The molecule has 0 spiro atoms. The minimum absolute atomic E-state index is 0.155. The number of amides is 1. The number of hydrogen-bond donors (Lipinski definition) is 1. The average molecular weight is 460 g/mol. The molecule has 0 aliphatic rings. The van der Waals surface area contributed by atoms with Gasteiger partial charge in [0, 0.05) is 11.6 Å². The van der Waals surface area contributed by atoms with Gasteiger partial charge in [0.1, 0.15) is 12.4 Å².